The predicted molar refractivity (Wildman–Crippen MR) is 155 cm³/mol. The highest BCUT2D eigenvalue weighted by Gasteiger charge is 2.50. The molecule has 6 atom stereocenters. The van der Waals surface area contributed by atoms with E-state index in [1.54, 1.807) is 12.5 Å². The van der Waals surface area contributed by atoms with Crippen LogP contribution in [0.1, 0.15) is 92.9 Å². The van der Waals surface area contributed by atoms with Crippen LogP contribution in [-0.4, -0.2) is 31.4 Å². The summed E-state index contributed by atoms with van der Waals surface area (Å²) in [7, 11) is 0. The average molecular weight is 539 g/mol. The van der Waals surface area contributed by atoms with Crippen molar-refractivity contribution in [1.82, 2.24) is 0 Å². The van der Waals surface area contributed by atoms with Gasteiger partial charge < -0.3 is 14.2 Å². The average Bonchev–Trinajstić information content (AvgIpc) is 3.26. The third-order valence-corrected chi connectivity index (χ3v) is 10.4. The van der Waals surface area contributed by atoms with Gasteiger partial charge in [0.15, 0.2) is 0 Å². The highest BCUT2D eigenvalue weighted by atomic mass is 16.7. The van der Waals surface area contributed by atoms with E-state index in [4.69, 9.17) is 14.2 Å². The molecule has 39 heavy (non-hydrogen) atoms. The number of carbonyl (C=O) groups is 2. The van der Waals surface area contributed by atoms with Gasteiger partial charge in [0.1, 0.15) is 24.7 Å². The molecule has 0 amide bonds. The van der Waals surface area contributed by atoms with E-state index in [0.29, 0.717) is 35.5 Å². The second-order valence-corrected chi connectivity index (χ2v) is 13.6. The summed E-state index contributed by atoms with van der Waals surface area (Å²) in [5.74, 6) is 2.91. The molecule has 5 nitrogen and oxygen atoms in total. The molecule has 4 aliphatic rings. The van der Waals surface area contributed by atoms with E-state index in [1.165, 1.54) is 37.7 Å². The van der Waals surface area contributed by atoms with Crippen molar-refractivity contribution in [3.63, 3.8) is 0 Å². The molecule has 0 aromatic carbocycles. The largest absolute Gasteiger partial charge is 0.508 e. The van der Waals surface area contributed by atoms with Gasteiger partial charge in [0.05, 0.1) is 0 Å². The summed E-state index contributed by atoms with van der Waals surface area (Å²) in [6.45, 7) is 17.9. The molecular weight excluding hydrogens is 488 g/mol. The van der Waals surface area contributed by atoms with Crippen LogP contribution in [-0.2, 0) is 19.0 Å². The van der Waals surface area contributed by atoms with E-state index in [9.17, 15) is 9.59 Å². The van der Waals surface area contributed by atoms with Crippen molar-refractivity contribution < 1.29 is 23.8 Å². The van der Waals surface area contributed by atoms with Crippen LogP contribution in [0.4, 0.5) is 4.79 Å². The number of hydrogen-bond donors (Lipinski definition) is 0. The molecule has 4 fully saturated rings. The molecule has 0 bridgehead atoms. The maximum atomic E-state index is 12.9. The fraction of sp³-hybridized carbons (Fsp3) is 0.706. The third kappa shape index (κ3) is 6.55. The van der Waals surface area contributed by atoms with Crippen LogP contribution in [0.15, 0.2) is 47.6 Å². The number of ether oxygens (including phenoxy) is 3. The van der Waals surface area contributed by atoms with Gasteiger partial charge in [-0.05, 0) is 92.4 Å². The molecule has 3 saturated carbocycles. The first-order valence-corrected chi connectivity index (χ1v) is 15.2. The Morgan fingerprint density at radius 3 is 2.44 bits per heavy atom. The molecule has 1 heterocycles. The molecule has 1 saturated heterocycles. The maximum absolute atomic E-state index is 12.9. The van der Waals surface area contributed by atoms with Gasteiger partial charge in [-0.15, -0.1) is 0 Å². The van der Waals surface area contributed by atoms with Crippen molar-refractivity contribution in [2.24, 2.45) is 40.4 Å². The van der Waals surface area contributed by atoms with Crippen LogP contribution in [0, 0.1) is 40.4 Å². The zero-order valence-corrected chi connectivity index (χ0v) is 25.1. The lowest BCUT2D eigenvalue weighted by Gasteiger charge is -2.44. The normalized spacial score (nSPS) is 34.6. The number of rotatable bonds is 7. The summed E-state index contributed by atoms with van der Waals surface area (Å²) in [5.41, 5.74) is 3.31. The summed E-state index contributed by atoms with van der Waals surface area (Å²) in [4.78, 5) is 24.1. The highest BCUT2D eigenvalue weighted by Crippen LogP contribution is 2.59. The van der Waals surface area contributed by atoms with E-state index in [2.05, 4.69) is 65.5 Å². The zero-order chi connectivity index (χ0) is 28.4. The number of cyclic esters (lactones) is 2. The number of esters is 1. The topological polar surface area (TPSA) is 61.8 Å². The molecule has 1 aliphatic heterocycles. The Labute approximate surface area is 236 Å². The maximum Gasteiger partial charge on any atom is 0.508 e. The Balaban J connectivity index is 1.42. The summed E-state index contributed by atoms with van der Waals surface area (Å²) < 4.78 is 15.8. The molecule has 216 valence electrons. The number of hydrogen-bond acceptors (Lipinski definition) is 5. The van der Waals surface area contributed by atoms with Gasteiger partial charge >= 0.3 is 12.1 Å². The Kier molecular flexibility index (Phi) is 9.18. The minimum absolute atomic E-state index is 0.00873. The molecule has 3 aliphatic carbocycles. The lowest BCUT2D eigenvalue weighted by molar-refractivity contribution is -0.172. The summed E-state index contributed by atoms with van der Waals surface area (Å²) in [6, 6.07) is 0. The Bertz CT molecular complexity index is 1020. The first-order chi connectivity index (χ1) is 18.4. The van der Waals surface area contributed by atoms with Crippen molar-refractivity contribution >= 4 is 12.1 Å². The minimum atomic E-state index is -0.959. The van der Waals surface area contributed by atoms with Gasteiger partial charge in [-0.2, -0.15) is 0 Å². The van der Waals surface area contributed by atoms with Crippen molar-refractivity contribution in [2.75, 3.05) is 13.2 Å². The van der Waals surface area contributed by atoms with Gasteiger partial charge in [0, 0.05) is 6.42 Å². The minimum Gasteiger partial charge on any atom is -0.461 e. The quantitative estimate of drug-likeness (QED) is 0.241. The first kappa shape index (κ1) is 29.7. The van der Waals surface area contributed by atoms with Crippen molar-refractivity contribution in [1.29, 1.82) is 0 Å². The summed E-state index contributed by atoms with van der Waals surface area (Å²) >= 11 is 0. The fourth-order valence-electron chi connectivity index (χ4n) is 7.26. The van der Waals surface area contributed by atoms with Crippen LogP contribution >= 0.6 is 0 Å². The Morgan fingerprint density at radius 2 is 1.74 bits per heavy atom. The van der Waals surface area contributed by atoms with Crippen LogP contribution < -0.4 is 0 Å². The van der Waals surface area contributed by atoms with E-state index in [1.807, 2.05) is 0 Å². The highest BCUT2D eigenvalue weighted by molar-refractivity contribution is 5.78. The van der Waals surface area contributed by atoms with E-state index < -0.39 is 11.6 Å². The Hall–Kier alpha value is -2.30. The molecule has 4 rings (SSSR count). The van der Waals surface area contributed by atoms with Gasteiger partial charge in [-0.25, -0.2) is 4.79 Å². The smallest absolute Gasteiger partial charge is 0.461 e. The summed E-state index contributed by atoms with van der Waals surface area (Å²) in [6.07, 6.45) is 17.2. The number of carbonyl (C=O) groups excluding carboxylic acids is 2. The molecule has 0 radical (unpaired) electrons. The van der Waals surface area contributed by atoms with Crippen LogP contribution in [0.2, 0.25) is 0 Å². The first-order valence-electron chi connectivity index (χ1n) is 15.2. The standard InChI is InChI=1S/C34H50O5/c1-22(2)23(3)10-11-25(5)29-16-17-30-26(9-8-18-34(29,30)7)13-14-27-19-28(15-12-24(27)4)39-31(35)33(6)20-37-32(36)38-21-33/h10-11,13-14,22-23,25,28-30H,4,8-9,12,15-21H2,1-3,5-7H3/b11-10+,26-13+,27-14-/t23-,25+,28-,29?,30-,34+/m0/s1. The SMILES string of the molecule is C=C1CC[C@H](OC(=O)C2(C)COC(=O)OC2)C/C1=C/C=C1\CCC[C@]2(C)C([C@H](C)/C=C/[C@H](C)C(C)C)CC[C@@H]12. The lowest BCUT2D eigenvalue weighted by Crippen LogP contribution is -2.45. The third-order valence-electron chi connectivity index (χ3n) is 10.4. The van der Waals surface area contributed by atoms with Crippen LogP contribution in [0.3, 0.4) is 0 Å². The molecule has 0 aromatic heterocycles. The zero-order valence-electron chi connectivity index (χ0n) is 25.1. The molecule has 0 N–H and O–H groups in total. The number of fused-ring (bicyclic) bond motifs is 1. The van der Waals surface area contributed by atoms with E-state index >= 15 is 0 Å². The predicted octanol–water partition coefficient (Wildman–Crippen LogP) is 8.37. The molecule has 0 spiro atoms. The van der Waals surface area contributed by atoms with E-state index in [0.717, 1.165) is 24.3 Å². The monoisotopic (exact) mass is 538 g/mol. The second-order valence-electron chi connectivity index (χ2n) is 13.6. The van der Waals surface area contributed by atoms with Crippen LogP contribution in [0.5, 0.6) is 0 Å². The second kappa shape index (κ2) is 12.1. The van der Waals surface area contributed by atoms with Crippen molar-refractivity contribution in [3.05, 3.63) is 47.6 Å². The number of allylic oxidation sites excluding steroid dienone is 6. The summed E-state index contributed by atoms with van der Waals surface area (Å²) in [5, 5.41) is 0. The molecule has 0 aromatic rings. The molecule has 5 heteroatoms. The van der Waals surface area contributed by atoms with Crippen molar-refractivity contribution in [2.45, 2.75) is 99.0 Å². The van der Waals surface area contributed by atoms with Crippen molar-refractivity contribution in [3.8, 4) is 0 Å². The fourth-order valence-corrected chi connectivity index (χ4v) is 7.26. The molecular formula is C34H50O5. The Morgan fingerprint density at radius 1 is 1.03 bits per heavy atom. The van der Waals surface area contributed by atoms with Gasteiger partial charge in [-0.1, -0.05) is 76.6 Å². The van der Waals surface area contributed by atoms with Gasteiger partial charge in [0.25, 0.3) is 0 Å². The van der Waals surface area contributed by atoms with Gasteiger partial charge in [-0.3, -0.25) is 4.79 Å². The molecule has 1 unspecified atom stereocenters. The van der Waals surface area contributed by atoms with Crippen LogP contribution in [0.25, 0.3) is 0 Å². The van der Waals surface area contributed by atoms with E-state index in [-0.39, 0.29) is 25.3 Å². The van der Waals surface area contributed by atoms with Gasteiger partial charge in [0.2, 0.25) is 0 Å². The lowest BCUT2D eigenvalue weighted by atomic mass is 9.61.